The van der Waals surface area contributed by atoms with E-state index in [0.717, 1.165) is 25.7 Å². The molecule has 0 unspecified atom stereocenters. The van der Waals surface area contributed by atoms with Gasteiger partial charge in [0.2, 0.25) is 0 Å². The third-order valence-corrected chi connectivity index (χ3v) is 2.40. The Morgan fingerprint density at radius 3 is 1.64 bits per heavy atom. The Morgan fingerprint density at radius 2 is 1.21 bits per heavy atom. The lowest BCUT2D eigenvalue weighted by Crippen LogP contribution is -2.10. The topological polar surface area (TPSA) is 0 Å². The predicted octanol–water partition coefficient (Wildman–Crippen LogP) is 4.82. The maximum absolute atomic E-state index is 13.0. The van der Waals surface area contributed by atoms with E-state index >= 15 is 0 Å². The van der Waals surface area contributed by atoms with Gasteiger partial charge < -0.3 is 0 Å². The summed E-state index contributed by atoms with van der Waals surface area (Å²) in [7, 11) is 0. The van der Waals surface area contributed by atoms with E-state index in [4.69, 9.17) is 0 Å². The molecule has 0 atom stereocenters. The molecule has 0 aliphatic heterocycles. The molecular formula is C12H24F2. The molecule has 0 saturated heterocycles. The van der Waals surface area contributed by atoms with Gasteiger partial charge in [-0.1, -0.05) is 38.5 Å². The zero-order valence-corrected chi connectivity index (χ0v) is 9.62. The maximum atomic E-state index is 13.0. The molecule has 86 valence electrons. The van der Waals surface area contributed by atoms with Gasteiger partial charge in [0.05, 0.1) is 6.67 Å². The van der Waals surface area contributed by atoms with Crippen LogP contribution in [0.5, 0.6) is 0 Å². The number of hydrogen-bond acceptors (Lipinski definition) is 0. The van der Waals surface area contributed by atoms with Crippen LogP contribution in [-0.2, 0) is 0 Å². The summed E-state index contributed by atoms with van der Waals surface area (Å²) < 4.78 is 24.7. The lowest BCUT2D eigenvalue weighted by Gasteiger charge is -2.12. The monoisotopic (exact) mass is 206 g/mol. The molecule has 0 aromatic carbocycles. The van der Waals surface area contributed by atoms with Gasteiger partial charge in [-0.05, 0) is 26.7 Å². The van der Waals surface area contributed by atoms with Gasteiger partial charge >= 0.3 is 0 Å². The van der Waals surface area contributed by atoms with Gasteiger partial charge in [-0.15, -0.1) is 0 Å². The van der Waals surface area contributed by atoms with Gasteiger partial charge in [-0.25, -0.2) is 4.39 Å². The molecule has 0 aliphatic carbocycles. The molecule has 0 nitrogen and oxygen atoms in total. The van der Waals surface area contributed by atoms with Crippen LogP contribution in [0.2, 0.25) is 0 Å². The third kappa shape index (κ3) is 11.9. The van der Waals surface area contributed by atoms with Crippen molar-refractivity contribution in [2.75, 3.05) is 6.67 Å². The van der Waals surface area contributed by atoms with Crippen molar-refractivity contribution in [3.05, 3.63) is 0 Å². The van der Waals surface area contributed by atoms with Gasteiger partial charge in [0, 0.05) is 0 Å². The lowest BCUT2D eigenvalue weighted by atomic mass is 10.0. The lowest BCUT2D eigenvalue weighted by molar-refractivity contribution is 0.195. The summed E-state index contributed by atoms with van der Waals surface area (Å²) in [4.78, 5) is 0. The van der Waals surface area contributed by atoms with E-state index in [1.165, 1.54) is 12.8 Å². The molecule has 2 heteroatoms. The number of rotatable bonds is 9. The first-order chi connectivity index (χ1) is 6.56. The van der Waals surface area contributed by atoms with Crippen molar-refractivity contribution >= 4 is 0 Å². The van der Waals surface area contributed by atoms with Crippen LogP contribution in [0, 0.1) is 0 Å². The first kappa shape index (κ1) is 13.9. The molecule has 0 aromatic heterocycles. The van der Waals surface area contributed by atoms with Crippen molar-refractivity contribution in [1.29, 1.82) is 0 Å². The molecular weight excluding hydrogens is 182 g/mol. The van der Waals surface area contributed by atoms with Crippen LogP contribution in [0.1, 0.15) is 65.2 Å². The first-order valence-electron chi connectivity index (χ1n) is 5.81. The van der Waals surface area contributed by atoms with Gasteiger partial charge in [0.1, 0.15) is 5.67 Å². The summed E-state index contributed by atoms with van der Waals surface area (Å²) in [5.41, 5.74) is -1.01. The van der Waals surface area contributed by atoms with E-state index in [0.29, 0.717) is 12.8 Å². The molecule has 0 aromatic rings. The molecule has 0 amide bonds. The van der Waals surface area contributed by atoms with Crippen LogP contribution in [0.3, 0.4) is 0 Å². The molecule has 0 heterocycles. The highest BCUT2D eigenvalue weighted by Gasteiger charge is 2.13. The number of halogens is 2. The second kappa shape index (κ2) is 8.19. The second-order valence-electron chi connectivity index (χ2n) is 4.63. The first-order valence-corrected chi connectivity index (χ1v) is 5.81. The minimum absolute atomic E-state index is 0.184. The van der Waals surface area contributed by atoms with Crippen LogP contribution in [0.15, 0.2) is 0 Å². The van der Waals surface area contributed by atoms with Crippen molar-refractivity contribution < 1.29 is 8.78 Å². The fourth-order valence-corrected chi connectivity index (χ4v) is 1.52. The molecule has 14 heavy (non-hydrogen) atoms. The summed E-state index contributed by atoms with van der Waals surface area (Å²) in [6, 6.07) is 0. The van der Waals surface area contributed by atoms with E-state index in [2.05, 4.69) is 0 Å². The largest absolute Gasteiger partial charge is 0.251 e. The summed E-state index contributed by atoms with van der Waals surface area (Å²) in [6.45, 7) is 3.08. The van der Waals surface area contributed by atoms with Crippen molar-refractivity contribution in [3.63, 3.8) is 0 Å². The fourth-order valence-electron chi connectivity index (χ4n) is 1.52. The highest BCUT2D eigenvalue weighted by Crippen LogP contribution is 2.18. The van der Waals surface area contributed by atoms with E-state index < -0.39 is 5.67 Å². The van der Waals surface area contributed by atoms with Crippen molar-refractivity contribution in [2.45, 2.75) is 70.9 Å². The van der Waals surface area contributed by atoms with Gasteiger partial charge in [-0.3, -0.25) is 4.39 Å². The minimum Gasteiger partial charge on any atom is -0.251 e. The maximum Gasteiger partial charge on any atom is 0.105 e. The Hall–Kier alpha value is -0.140. The summed E-state index contributed by atoms with van der Waals surface area (Å²) in [6.07, 6.45) is 7.94. The van der Waals surface area contributed by atoms with Crippen molar-refractivity contribution in [1.82, 2.24) is 0 Å². The van der Waals surface area contributed by atoms with E-state index in [-0.39, 0.29) is 6.67 Å². The van der Waals surface area contributed by atoms with Crippen LogP contribution < -0.4 is 0 Å². The van der Waals surface area contributed by atoms with Crippen LogP contribution in [0.25, 0.3) is 0 Å². The van der Waals surface area contributed by atoms with Crippen molar-refractivity contribution in [2.24, 2.45) is 0 Å². The van der Waals surface area contributed by atoms with Gasteiger partial charge in [0.25, 0.3) is 0 Å². The quantitative estimate of drug-likeness (QED) is 0.474. The van der Waals surface area contributed by atoms with Crippen LogP contribution in [-0.4, -0.2) is 12.3 Å². The standard InChI is InChI=1S/C12H24F2/c1-12(2,14)10-8-6-4-3-5-7-9-11-13/h3-11H2,1-2H3. The molecule has 0 radical (unpaired) electrons. The third-order valence-electron chi connectivity index (χ3n) is 2.40. The number of unbranched alkanes of at least 4 members (excludes halogenated alkanes) is 6. The highest BCUT2D eigenvalue weighted by atomic mass is 19.1. The minimum atomic E-state index is -1.01. The Labute approximate surface area is 87.1 Å². The molecule has 0 aliphatic rings. The normalized spacial score (nSPS) is 12.0. The summed E-state index contributed by atoms with van der Waals surface area (Å²) in [5.74, 6) is 0. The molecule has 0 fully saturated rings. The Balaban J connectivity index is 2.99. The fraction of sp³-hybridized carbons (Fsp3) is 1.00. The van der Waals surface area contributed by atoms with E-state index in [1.54, 1.807) is 13.8 Å². The second-order valence-corrected chi connectivity index (χ2v) is 4.63. The Bertz CT molecular complexity index is 116. The Kier molecular flexibility index (Phi) is 8.11. The molecule has 0 N–H and O–H groups in total. The van der Waals surface area contributed by atoms with E-state index in [1.807, 2.05) is 0 Å². The van der Waals surface area contributed by atoms with Crippen LogP contribution >= 0.6 is 0 Å². The average molecular weight is 206 g/mol. The van der Waals surface area contributed by atoms with Gasteiger partial charge in [0.15, 0.2) is 0 Å². The zero-order valence-electron chi connectivity index (χ0n) is 9.62. The molecule has 0 rings (SSSR count). The van der Waals surface area contributed by atoms with Crippen molar-refractivity contribution in [3.8, 4) is 0 Å². The molecule has 0 saturated carbocycles. The number of alkyl halides is 2. The summed E-state index contributed by atoms with van der Waals surface area (Å²) in [5, 5.41) is 0. The Morgan fingerprint density at radius 1 is 0.786 bits per heavy atom. The van der Waals surface area contributed by atoms with Gasteiger partial charge in [-0.2, -0.15) is 0 Å². The SMILES string of the molecule is CC(C)(F)CCCCCCCCCF. The molecule has 0 bridgehead atoms. The predicted molar refractivity (Wildman–Crippen MR) is 58.1 cm³/mol. The van der Waals surface area contributed by atoms with E-state index in [9.17, 15) is 8.78 Å². The smallest absolute Gasteiger partial charge is 0.105 e. The summed E-state index contributed by atoms with van der Waals surface area (Å²) >= 11 is 0. The highest BCUT2D eigenvalue weighted by molar-refractivity contribution is 4.65. The molecule has 0 spiro atoms. The zero-order chi connectivity index (χ0) is 10.9. The van der Waals surface area contributed by atoms with Crippen LogP contribution in [0.4, 0.5) is 8.78 Å². The number of hydrogen-bond donors (Lipinski definition) is 0. The average Bonchev–Trinajstić information content (AvgIpc) is 2.08.